The second-order valence-electron chi connectivity index (χ2n) is 2.99. The van der Waals surface area contributed by atoms with Crippen LogP contribution in [0.1, 0.15) is 5.76 Å². The Bertz CT molecular complexity index is 466. The zero-order valence-electron chi connectivity index (χ0n) is 8.16. The van der Waals surface area contributed by atoms with Gasteiger partial charge in [-0.2, -0.15) is 0 Å². The van der Waals surface area contributed by atoms with Gasteiger partial charge < -0.3 is 20.0 Å². The van der Waals surface area contributed by atoms with Gasteiger partial charge in [0.15, 0.2) is 12.0 Å². The fourth-order valence-corrected chi connectivity index (χ4v) is 1.12. The molecule has 0 aliphatic carbocycles. The molecule has 2 aromatic heterocycles. The molecule has 0 saturated heterocycles. The summed E-state index contributed by atoms with van der Waals surface area (Å²) >= 11 is 0. The molecule has 0 aliphatic heterocycles. The maximum absolute atomic E-state index is 10.4. The highest BCUT2D eigenvalue weighted by molar-refractivity contribution is 5.43. The molecule has 0 unspecified atom stereocenters. The molecular weight excluding hydrogens is 212 g/mol. The predicted molar refractivity (Wildman–Crippen MR) is 54.7 cm³/mol. The van der Waals surface area contributed by atoms with Gasteiger partial charge in [0.2, 0.25) is 0 Å². The Balaban J connectivity index is 1.98. The quantitative estimate of drug-likeness (QED) is 0.621. The lowest BCUT2D eigenvalue weighted by Crippen LogP contribution is -1.99. The van der Waals surface area contributed by atoms with E-state index in [1.54, 1.807) is 18.3 Å². The van der Waals surface area contributed by atoms with Crippen LogP contribution in [0, 0.1) is 10.1 Å². The lowest BCUT2D eigenvalue weighted by Gasteiger charge is -2.00. The molecular formula is C9H8N4O3. The van der Waals surface area contributed by atoms with Crippen LogP contribution in [0.4, 0.5) is 11.5 Å². The van der Waals surface area contributed by atoms with E-state index in [0.717, 1.165) is 0 Å². The maximum Gasteiger partial charge on any atom is 0.363 e. The highest BCUT2D eigenvalue weighted by Gasteiger charge is 2.06. The molecule has 2 aromatic rings. The normalized spacial score (nSPS) is 10.0. The first kappa shape index (κ1) is 10.1. The molecule has 2 rings (SSSR count). The third-order valence-electron chi connectivity index (χ3n) is 1.89. The SMILES string of the molecule is O=[N+]([O-])c1ccc(NCc2ccno2)cn1. The average molecular weight is 220 g/mol. The van der Waals surface area contributed by atoms with Crippen LogP contribution < -0.4 is 5.32 Å². The van der Waals surface area contributed by atoms with Crippen molar-refractivity contribution in [1.82, 2.24) is 10.1 Å². The van der Waals surface area contributed by atoms with Crippen molar-refractivity contribution >= 4 is 11.5 Å². The van der Waals surface area contributed by atoms with Gasteiger partial charge in [-0.05, 0) is 16.0 Å². The molecule has 7 nitrogen and oxygen atoms in total. The van der Waals surface area contributed by atoms with E-state index >= 15 is 0 Å². The van der Waals surface area contributed by atoms with Gasteiger partial charge in [0.05, 0.1) is 18.4 Å². The molecule has 0 aliphatic rings. The molecule has 0 spiro atoms. The summed E-state index contributed by atoms with van der Waals surface area (Å²) in [4.78, 5) is 13.5. The molecule has 0 fully saturated rings. The number of pyridine rings is 1. The summed E-state index contributed by atoms with van der Waals surface area (Å²) in [5, 5.41) is 16.9. The first-order chi connectivity index (χ1) is 7.75. The van der Waals surface area contributed by atoms with Crippen molar-refractivity contribution in [3.8, 4) is 0 Å². The second-order valence-corrected chi connectivity index (χ2v) is 2.99. The van der Waals surface area contributed by atoms with Crippen LogP contribution in [0.5, 0.6) is 0 Å². The molecule has 16 heavy (non-hydrogen) atoms. The van der Waals surface area contributed by atoms with E-state index < -0.39 is 4.92 Å². The summed E-state index contributed by atoms with van der Waals surface area (Å²) in [6.07, 6.45) is 2.94. The number of anilines is 1. The molecule has 0 radical (unpaired) electrons. The van der Waals surface area contributed by atoms with Crippen molar-refractivity contribution in [2.45, 2.75) is 6.54 Å². The highest BCUT2D eigenvalue weighted by Crippen LogP contribution is 2.12. The van der Waals surface area contributed by atoms with Gasteiger partial charge in [-0.1, -0.05) is 5.16 Å². The van der Waals surface area contributed by atoms with Crippen molar-refractivity contribution in [2.24, 2.45) is 0 Å². The van der Waals surface area contributed by atoms with Gasteiger partial charge in [0.25, 0.3) is 0 Å². The lowest BCUT2D eigenvalue weighted by atomic mass is 10.4. The minimum absolute atomic E-state index is 0.176. The highest BCUT2D eigenvalue weighted by atomic mass is 16.6. The van der Waals surface area contributed by atoms with E-state index in [1.807, 2.05) is 0 Å². The van der Waals surface area contributed by atoms with Gasteiger partial charge in [-0.3, -0.25) is 0 Å². The third-order valence-corrected chi connectivity index (χ3v) is 1.89. The van der Waals surface area contributed by atoms with E-state index in [0.29, 0.717) is 18.0 Å². The fourth-order valence-electron chi connectivity index (χ4n) is 1.12. The first-order valence-corrected chi connectivity index (χ1v) is 4.49. The van der Waals surface area contributed by atoms with Gasteiger partial charge in [0, 0.05) is 12.1 Å². The van der Waals surface area contributed by atoms with Crippen LogP contribution in [-0.2, 0) is 6.54 Å². The Morgan fingerprint density at radius 1 is 1.44 bits per heavy atom. The number of aromatic nitrogens is 2. The average Bonchev–Trinajstić information content (AvgIpc) is 2.80. The third kappa shape index (κ3) is 2.32. The molecule has 1 N–H and O–H groups in total. The number of nitrogens with one attached hydrogen (secondary N) is 1. The Morgan fingerprint density at radius 2 is 2.31 bits per heavy atom. The summed E-state index contributed by atoms with van der Waals surface area (Å²) in [5.74, 6) is 0.503. The lowest BCUT2D eigenvalue weighted by molar-refractivity contribution is -0.389. The van der Waals surface area contributed by atoms with Gasteiger partial charge >= 0.3 is 5.82 Å². The summed E-state index contributed by atoms with van der Waals surface area (Å²) < 4.78 is 4.88. The molecule has 0 amide bonds. The Morgan fingerprint density at radius 3 is 2.88 bits per heavy atom. The van der Waals surface area contributed by atoms with E-state index in [9.17, 15) is 10.1 Å². The van der Waals surface area contributed by atoms with E-state index in [4.69, 9.17) is 4.52 Å². The topological polar surface area (TPSA) is 94.1 Å². The van der Waals surface area contributed by atoms with Crippen LogP contribution in [0.15, 0.2) is 35.1 Å². The summed E-state index contributed by atoms with van der Waals surface area (Å²) in [7, 11) is 0. The molecule has 0 saturated carbocycles. The van der Waals surface area contributed by atoms with Crippen molar-refractivity contribution in [2.75, 3.05) is 5.32 Å². The minimum Gasteiger partial charge on any atom is -0.375 e. The summed E-state index contributed by atoms with van der Waals surface area (Å²) in [6.45, 7) is 0.458. The molecule has 0 aromatic carbocycles. The van der Waals surface area contributed by atoms with Crippen LogP contribution >= 0.6 is 0 Å². The number of hydrogen-bond donors (Lipinski definition) is 1. The fraction of sp³-hybridized carbons (Fsp3) is 0.111. The second kappa shape index (κ2) is 4.39. The smallest absolute Gasteiger partial charge is 0.363 e. The predicted octanol–water partition coefficient (Wildman–Crippen LogP) is 1.59. The molecule has 0 bridgehead atoms. The van der Waals surface area contributed by atoms with Gasteiger partial charge in [-0.15, -0.1) is 0 Å². The van der Waals surface area contributed by atoms with Crippen LogP contribution in [-0.4, -0.2) is 15.1 Å². The van der Waals surface area contributed by atoms with E-state index in [-0.39, 0.29) is 5.82 Å². The number of rotatable bonds is 4. The van der Waals surface area contributed by atoms with Crippen molar-refractivity contribution in [3.63, 3.8) is 0 Å². The molecule has 82 valence electrons. The largest absolute Gasteiger partial charge is 0.375 e. The van der Waals surface area contributed by atoms with Crippen molar-refractivity contribution in [1.29, 1.82) is 0 Å². The summed E-state index contributed by atoms with van der Waals surface area (Å²) in [5.41, 5.74) is 0.682. The number of hydrogen-bond acceptors (Lipinski definition) is 6. The van der Waals surface area contributed by atoms with E-state index in [2.05, 4.69) is 15.5 Å². The van der Waals surface area contributed by atoms with Crippen molar-refractivity contribution < 1.29 is 9.45 Å². The van der Waals surface area contributed by atoms with E-state index in [1.165, 1.54) is 12.3 Å². The first-order valence-electron chi connectivity index (χ1n) is 4.49. The van der Waals surface area contributed by atoms with Gasteiger partial charge in [0.1, 0.15) is 0 Å². The van der Waals surface area contributed by atoms with Gasteiger partial charge in [-0.25, -0.2) is 0 Å². The van der Waals surface area contributed by atoms with Crippen LogP contribution in [0.25, 0.3) is 0 Å². The monoisotopic (exact) mass is 220 g/mol. The molecule has 2 heterocycles. The zero-order chi connectivity index (χ0) is 11.4. The molecule has 7 heteroatoms. The summed E-state index contributed by atoms with van der Waals surface area (Å²) in [6, 6.07) is 4.65. The van der Waals surface area contributed by atoms with Crippen LogP contribution in [0.3, 0.4) is 0 Å². The Hall–Kier alpha value is -2.44. The standard InChI is InChI=1S/C9H8N4O3/c14-13(15)9-2-1-7(5-11-9)10-6-8-3-4-12-16-8/h1-5,10H,6H2. The zero-order valence-corrected chi connectivity index (χ0v) is 8.16. The maximum atomic E-state index is 10.4. The Kier molecular flexibility index (Phi) is 2.77. The molecule has 0 atom stereocenters. The van der Waals surface area contributed by atoms with Crippen LogP contribution in [0.2, 0.25) is 0 Å². The Labute approximate surface area is 90.2 Å². The number of nitro groups is 1. The van der Waals surface area contributed by atoms with Crippen molar-refractivity contribution in [3.05, 3.63) is 46.5 Å². The number of nitrogens with zero attached hydrogens (tertiary/aromatic N) is 3. The minimum atomic E-state index is -0.541.